The number of carbonyl (C=O) groups is 1. The molecule has 0 atom stereocenters. The van der Waals surface area contributed by atoms with Crippen molar-refractivity contribution in [2.45, 2.75) is 12.8 Å². The Morgan fingerprint density at radius 2 is 1.96 bits per heavy atom. The topological polar surface area (TPSA) is 58.6 Å². The number of nitrogens with zero attached hydrogens (tertiary/aromatic N) is 4. The lowest BCUT2D eigenvalue weighted by Gasteiger charge is -2.27. The zero-order chi connectivity index (χ0) is 18.1. The van der Waals surface area contributed by atoms with E-state index in [0.29, 0.717) is 37.7 Å². The molecular formula is C18H18F2N4O2. The molecule has 26 heavy (non-hydrogen) atoms. The third-order valence-corrected chi connectivity index (χ3v) is 4.68. The molecule has 4 rings (SSSR count). The number of anilines is 2. The largest absolute Gasteiger partial charge is 0.378 e. The fourth-order valence-electron chi connectivity index (χ4n) is 3.35. The van der Waals surface area contributed by atoms with E-state index in [0.717, 1.165) is 25.0 Å². The predicted molar refractivity (Wildman–Crippen MR) is 91.2 cm³/mol. The molecule has 6 nitrogen and oxygen atoms in total. The van der Waals surface area contributed by atoms with Crippen molar-refractivity contribution in [2.24, 2.45) is 0 Å². The van der Waals surface area contributed by atoms with Gasteiger partial charge in [-0.3, -0.25) is 4.79 Å². The van der Waals surface area contributed by atoms with Crippen molar-refractivity contribution in [1.29, 1.82) is 0 Å². The molecule has 136 valence electrons. The normalized spacial score (nSPS) is 16.7. The summed E-state index contributed by atoms with van der Waals surface area (Å²) in [6.07, 6.45) is 1.95. The van der Waals surface area contributed by atoms with E-state index in [9.17, 15) is 13.6 Å². The van der Waals surface area contributed by atoms with Crippen molar-refractivity contribution in [3.63, 3.8) is 0 Å². The van der Waals surface area contributed by atoms with E-state index in [-0.39, 0.29) is 17.9 Å². The molecule has 0 aliphatic carbocycles. The summed E-state index contributed by atoms with van der Waals surface area (Å²) in [5.74, 6) is -0.812. The van der Waals surface area contributed by atoms with Crippen molar-refractivity contribution in [2.75, 3.05) is 42.6 Å². The number of amides is 1. The summed E-state index contributed by atoms with van der Waals surface area (Å²) < 4.78 is 32.6. The second-order valence-corrected chi connectivity index (χ2v) is 6.26. The van der Waals surface area contributed by atoms with E-state index >= 15 is 0 Å². The summed E-state index contributed by atoms with van der Waals surface area (Å²) in [6.45, 7) is 3.11. The minimum absolute atomic E-state index is 0.0105. The van der Waals surface area contributed by atoms with E-state index in [2.05, 4.69) is 14.9 Å². The van der Waals surface area contributed by atoms with Crippen LogP contribution in [0.5, 0.6) is 0 Å². The van der Waals surface area contributed by atoms with E-state index in [4.69, 9.17) is 4.74 Å². The molecule has 0 radical (unpaired) electrons. The molecule has 0 saturated carbocycles. The Morgan fingerprint density at radius 3 is 2.77 bits per heavy atom. The predicted octanol–water partition coefficient (Wildman–Crippen LogP) is 1.72. The van der Waals surface area contributed by atoms with Gasteiger partial charge >= 0.3 is 0 Å². The van der Waals surface area contributed by atoms with Gasteiger partial charge in [0.1, 0.15) is 11.6 Å². The molecule has 0 bridgehead atoms. The number of ether oxygens (including phenoxy) is 1. The van der Waals surface area contributed by atoms with Gasteiger partial charge in [-0.2, -0.15) is 0 Å². The van der Waals surface area contributed by atoms with Crippen LogP contribution in [0.2, 0.25) is 0 Å². The van der Waals surface area contributed by atoms with Crippen LogP contribution in [0.1, 0.15) is 11.4 Å². The lowest BCUT2D eigenvalue weighted by atomic mass is 10.1. The Bertz CT molecular complexity index is 840. The van der Waals surface area contributed by atoms with Crippen LogP contribution >= 0.6 is 0 Å². The van der Waals surface area contributed by atoms with Crippen molar-refractivity contribution in [3.05, 3.63) is 47.4 Å². The van der Waals surface area contributed by atoms with E-state index in [1.54, 1.807) is 6.20 Å². The summed E-state index contributed by atoms with van der Waals surface area (Å²) in [5.41, 5.74) is 0.680. The molecule has 3 heterocycles. The van der Waals surface area contributed by atoms with Crippen molar-refractivity contribution >= 4 is 17.4 Å². The highest BCUT2D eigenvalue weighted by Gasteiger charge is 2.29. The fourth-order valence-corrected chi connectivity index (χ4v) is 3.35. The highest BCUT2D eigenvalue weighted by atomic mass is 19.2. The number of hydrogen-bond donors (Lipinski definition) is 0. The molecule has 8 heteroatoms. The van der Waals surface area contributed by atoms with Gasteiger partial charge < -0.3 is 14.5 Å². The number of aromatic nitrogens is 2. The first-order valence-electron chi connectivity index (χ1n) is 8.55. The van der Waals surface area contributed by atoms with E-state index in [1.807, 2.05) is 6.07 Å². The maximum absolute atomic E-state index is 13.9. The third kappa shape index (κ3) is 3.12. The van der Waals surface area contributed by atoms with Crippen molar-refractivity contribution in [3.8, 4) is 0 Å². The molecule has 1 saturated heterocycles. The average molecular weight is 360 g/mol. The molecule has 1 amide bonds. The summed E-state index contributed by atoms with van der Waals surface area (Å²) >= 11 is 0. The van der Waals surface area contributed by atoms with Gasteiger partial charge in [0.2, 0.25) is 5.91 Å². The molecule has 1 aromatic carbocycles. The second-order valence-electron chi connectivity index (χ2n) is 6.26. The van der Waals surface area contributed by atoms with Gasteiger partial charge in [-0.25, -0.2) is 18.7 Å². The number of fused-ring (bicyclic) bond motifs is 1. The Kier molecular flexibility index (Phi) is 4.50. The van der Waals surface area contributed by atoms with Gasteiger partial charge in [0.25, 0.3) is 0 Å². The first kappa shape index (κ1) is 16.8. The number of morpholine rings is 1. The van der Waals surface area contributed by atoms with Crippen LogP contribution in [-0.2, 0) is 22.4 Å². The Morgan fingerprint density at radius 1 is 1.15 bits per heavy atom. The molecule has 0 spiro atoms. The van der Waals surface area contributed by atoms with E-state index < -0.39 is 11.6 Å². The van der Waals surface area contributed by atoms with Gasteiger partial charge in [-0.05, 0) is 24.6 Å². The lowest BCUT2D eigenvalue weighted by molar-refractivity contribution is -0.118. The molecule has 1 fully saturated rings. The van der Waals surface area contributed by atoms with Crippen molar-refractivity contribution < 1.29 is 18.3 Å². The zero-order valence-electron chi connectivity index (χ0n) is 14.1. The van der Waals surface area contributed by atoms with Crippen LogP contribution in [0.25, 0.3) is 0 Å². The number of carbonyl (C=O) groups excluding carboxylic acids is 1. The van der Waals surface area contributed by atoms with Crippen LogP contribution < -0.4 is 9.80 Å². The number of benzene rings is 1. The summed E-state index contributed by atoms with van der Waals surface area (Å²) in [7, 11) is 0. The van der Waals surface area contributed by atoms with Crippen LogP contribution in [0.3, 0.4) is 0 Å². The SMILES string of the molecule is O=C(Cc1nccc(N2CCOCC2)n1)N1CCc2c1ccc(F)c2F. The van der Waals surface area contributed by atoms with Gasteiger partial charge in [-0.1, -0.05) is 0 Å². The first-order valence-corrected chi connectivity index (χ1v) is 8.55. The monoisotopic (exact) mass is 360 g/mol. The summed E-state index contributed by atoms with van der Waals surface area (Å²) in [6, 6.07) is 4.31. The smallest absolute Gasteiger partial charge is 0.234 e. The number of rotatable bonds is 3. The van der Waals surface area contributed by atoms with Gasteiger partial charge in [0, 0.05) is 31.4 Å². The zero-order valence-corrected chi connectivity index (χ0v) is 14.1. The molecule has 2 aromatic rings. The van der Waals surface area contributed by atoms with Crippen LogP contribution in [0.15, 0.2) is 24.4 Å². The maximum atomic E-state index is 13.9. The average Bonchev–Trinajstić information content (AvgIpc) is 3.11. The Hall–Kier alpha value is -2.61. The summed E-state index contributed by atoms with van der Waals surface area (Å²) in [5, 5.41) is 0. The molecule has 1 aromatic heterocycles. The third-order valence-electron chi connectivity index (χ3n) is 4.68. The lowest BCUT2D eigenvalue weighted by Crippen LogP contribution is -2.37. The van der Waals surface area contributed by atoms with Crippen molar-refractivity contribution in [1.82, 2.24) is 9.97 Å². The second kappa shape index (κ2) is 6.95. The van der Waals surface area contributed by atoms with Crippen LogP contribution in [0.4, 0.5) is 20.3 Å². The fraction of sp³-hybridized carbons (Fsp3) is 0.389. The van der Waals surface area contributed by atoms with Gasteiger partial charge in [0.15, 0.2) is 11.6 Å². The van der Waals surface area contributed by atoms with Gasteiger partial charge in [0.05, 0.1) is 25.3 Å². The first-order chi connectivity index (χ1) is 12.6. The quantitative estimate of drug-likeness (QED) is 0.834. The molecule has 0 unspecified atom stereocenters. The Labute approximate surface area is 149 Å². The molecule has 2 aliphatic heterocycles. The highest BCUT2D eigenvalue weighted by Crippen LogP contribution is 2.31. The maximum Gasteiger partial charge on any atom is 0.234 e. The molecular weight excluding hydrogens is 342 g/mol. The minimum atomic E-state index is -0.889. The number of halogens is 2. The standard InChI is InChI=1S/C18H18F2N4O2/c19-13-1-2-14-12(18(13)20)4-6-24(14)17(25)11-15-21-5-3-16(22-15)23-7-9-26-10-8-23/h1-3,5H,4,6-11H2. The van der Waals surface area contributed by atoms with Crippen LogP contribution in [-0.4, -0.2) is 48.7 Å². The van der Waals surface area contributed by atoms with E-state index in [1.165, 1.54) is 11.0 Å². The Balaban J connectivity index is 1.51. The summed E-state index contributed by atoms with van der Waals surface area (Å²) in [4.78, 5) is 24.9. The van der Waals surface area contributed by atoms with Crippen LogP contribution in [0, 0.1) is 11.6 Å². The number of hydrogen-bond acceptors (Lipinski definition) is 5. The highest BCUT2D eigenvalue weighted by molar-refractivity contribution is 5.96. The minimum Gasteiger partial charge on any atom is -0.378 e. The van der Waals surface area contributed by atoms with Gasteiger partial charge in [-0.15, -0.1) is 0 Å². The molecule has 0 N–H and O–H groups in total. The molecule has 2 aliphatic rings.